The molecule has 0 radical (unpaired) electrons. The van der Waals surface area contributed by atoms with Gasteiger partial charge in [0, 0.05) is 18.1 Å². The summed E-state index contributed by atoms with van der Waals surface area (Å²) >= 11 is 6.01. The second-order valence-corrected chi connectivity index (χ2v) is 5.10. The van der Waals surface area contributed by atoms with E-state index < -0.39 is 18.1 Å². The summed E-state index contributed by atoms with van der Waals surface area (Å²) in [6, 6.07) is 5.98. The van der Waals surface area contributed by atoms with Crippen LogP contribution in [0.2, 0.25) is 5.02 Å². The first-order valence-electron chi connectivity index (χ1n) is 6.46. The van der Waals surface area contributed by atoms with Crippen molar-refractivity contribution in [3.8, 4) is 0 Å². The van der Waals surface area contributed by atoms with Crippen molar-refractivity contribution >= 4 is 23.5 Å². The van der Waals surface area contributed by atoms with Crippen molar-refractivity contribution in [2.24, 2.45) is 0 Å². The molecule has 20 heavy (non-hydrogen) atoms. The summed E-state index contributed by atoms with van der Waals surface area (Å²) < 4.78 is 5.24. The summed E-state index contributed by atoms with van der Waals surface area (Å²) in [5.41, 5.74) is 0.689. The van der Waals surface area contributed by atoms with Crippen molar-refractivity contribution in [1.82, 2.24) is 5.32 Å². The number of hydrogen-bond donors (Lipinski definition) is 2. The fourth-order valence-corrected chi connectivity index (χ4v) is 2.35. The molecule has 1 aliphatic rings. The molecule has 0 unspecified atom stereocenters. The molecule has 1 heterocycles. The highest BCUT2D eigenvalue weighted by molar-refractivity contribution is 6.31. The second-order valence-electron chi connectivity index (χ2n) is 4.70. The molecule has 2 rings (SSSR count). The highest BCUT2D eigenvalue weighted by atomic mass is 35.5. The number of carboxylic acids is 1. The maximum absolute atomic E-state index is 11.9. The van der Waals surface area contributed by atoms with Gasteiger partial charge >= 0.3 is 5.97 Å². The van der Waals surface area contributed by atoms with Crippen LogP contribution in [0, 0.1) is 0 Å². The molecule has 2 atom stereocenters. The molecule has 108 valence electrons. The quantitative estimate of drug-likeness (QED) is 0.866. The van der Waals surface area contributed by atoms with Crippen LogP contribution in [0.15, 0.2) is 24.3 Å². The second kappa shape index (κ2) is 6.72. The summed E-state index contributed by atoms with van der Waals surface area (Å²) in [7, 11) is 0. The van der Waals surface area contributed by atoms with E-state index in [1.807, 2.05) is 0 Å². The lowest BCUT2D eigenvalue weighted by atomic mass is 10.1. The lowest BCUT2D eigenvalue weighted by molar-refractivity contribution is -0.143. The Kier molecular flexibility index (Phi) is 4.98. The first-order valence-corrected chi connectivity index (χ1v) is 6.84. The van der Waals surface area contributed by atoms with Gasteiger partial charge in [0.15, 0.2) is 0 Å². The van der Waals surface area contributed by atoms with Crippen LogP contribution in [-0.2, 0) is 20.7 Å². The molecule has 1 aliphatic heterocycles. The number of carbonyl (C=O) groups excluding carboxylic acids is 1. The largest absolute Gasteiger partial charge is 0.480 e. The van der Waals surface area contributed by atoms with Gasteiger partial charge in [0.25, 0.3) is 0 Å². The van der Waals surface area contributed by atoms with E-state index in [2.05, 4.69) is 5.32 Å². The number of benzene rings is 1. The highest BCUT2D eigenvalue weighted by Gasteiger charge is 2.28. The lowest BCUT2D eigenvalue weighted by Crippen LogP contribution is -2.46. The van der Waals surface area contributed by atoms with E-state index in [0.717, 1.165) is 6.42 Å². The molecule has 1 saturated heterocycles. The number of nitrogens with one attached hydrogen (secondary N) is 1. The Morgan fingerprint density at radius 1 is 1.45 bits per heavy atom. The van der Waals surface area contributed by atoms with E-state index in [1.54, 1.807) is 24.3 Å². The zero-order chi connectivity index (χ0) is 14.5. The van der Waals surface area contributed by atoms with Gasteiger partial charge in [-0.1, -0.05) is 29.8 Å². The molecule has 0 aromatic heterocycles. The van der Waals surface area contributed by atoms with E-state index in [0.29, 0.717) is 23.6 Å². The Morgan fingerprint density at radius 2 is 2.20 bits per heavy atom. The van der Waals surface area contributed by atoms with E-state index in [9.17, 15) is 14.7 Å². The number of carbonyl (C=O) groups is 2. The predicted molar refractivity (Wildman–Crippen MR) is 73.7 cm³/mol. The third-order valence-electron chi connectivity index (χ3n) is 3.22. The maximum atomic E-state index is 11.9. The number of ether oxygens (including phenoxy) is 1. The van der Waals surface area contributed by atoms with Gasteiger partial charge in [-0.15, -0.1) is 0 Å². The molecule has 1 amide bonds. The molecule has 0 bridgehead atoms. The Labute approximate surface area is 121 Å². The predicted octanol–water partition coefficient (Wildman–Crippen LogP) is 1.63. The Balaban J connectivity index is 2.02. The van der Waals surface area contributed by atoms with Crippen molar-refractivity contribution in [3.05, 3.63) is 34.9 Å². The Hall–Kier alpha value is -1.59. The normalized spacial score (nSPS) is 19.6. The molecular weight excluding hydrogens is 282 g/mol. The molecule has 1 aromatic rings. The SMILES string of the molecule is O=C(O)[C@H](Cc1ccccc1Cl)NC(=O)[C@@H]1CCCO1. The summed E-state index contributed by atoms with van der Waals surface area (Å²) in [6.45, 7) is 0.542. The Morgan fingerprint density at radius 3 is 2.80 bits per heavy atom. The van der Waals surface area contributed by atoms with Crippen LogP contribution in [0.1, 0.15) is 18.4 Å². The molecular formula is C14H16ClNO4. The van der Waals surface area contributed by atoms with Gasteiger partial charge in [0.2, 0.25) is 5.91 Å². The monoisotopic (exact) mass is 297 g/mol. The van der Waals surface area contributed by atoms with Crippen LogP contribution in [0.3, 0.4) is 0 Å². The summed E-state index contributed by atoms with van der Waals surface area (Å²) in [6.07, 6.45) is 1.06. The smallest absolute Gasteiger partial charge is 0.326 e. The molecule has 1 aromatic carbocycles. The number of carboxylic acid groups (broad SMARTS) is 1. The van der Waals surface area contributed by atoms with Crippen LogP contribution in [0.25, 0.3) is 0 Å². The van der Waals surface area contributed by atoms with Crippen molar-refractivity contribution < 1.29 is 19.4 Å². The van der Waals surface area contributed by atoms with Gasteiger partial charge < -0.3 is 15.2 Å². The van der Waals surface area contributed by atoms with Gasteiger partial charge in [-0.25, -0.2) is 4.79 Å². The van der Waals surface area contributed by atoms with Crippen LogP contribution < -0.4 is 5.32 Å². The fraction of sp³-hybridized carbons (Fsp3) is 0.429. The molecule has 0 saturated carbocycles. The van der Waals surface area contributed by atoms with E-state index >= 15 is 0 Å². The maximum Gasteiger partial charge on any atom is 0.326 e. The number of hydrogen-bond acceptors (Lipinski definition) is 3. The molecule has 0 spiro atoms. The minimum Gasteiger partial charge on any atom is -0.480 e. The average Bonchev–Trinajstić information content (AvgIpc) is 2.94. The third kappa shape index (κ3) is 3.71. The lowest BCUT2D eigenvalue weighted by Gasteiger charge is -2.17. The topological polar surface area (TPSA) is 75.6 Å². The van der Waals surface area contributed by atoms with Crippen molar-refractivity contribution in [3.63, 3.8) is 0 Å². The van der Waals surface area contributed by atoms with Crippen molar-refractivity contribution in [2.45, 2.75) is 31.4 Å². The van der Waals surface area contributed by atoms with Gasteiger partial charge in [-0.3, -0.25) is 4.79 Å². The van der Waals surface area contributed by atoms with Crippen molar-refractivity contribution in [2.75, 3.05) is 6.61 Å². The van der Waals surface area contributed by atoms with E-state index in [1.165, 1.54) is 0 Å². The van der Waals surface area contributed by atoms with E-state index in [-0.39, 0.29) is 12.3 Å². The van der Waals surface area contributed by atoms with Crippen LogP contribution in [-0.4, -0.2) is 35.7 Å². The summed E-state index contributed by atoms with van der Waals surface area (Å²) in [5.74, 6) is -1.46. The molecule has 2 N–H and O–H groups in total. The third-order valence-corrected chi connectivity index (χ3v) is 3.59. The standard InChI is InChI=1S/C14H16ClNO4/c15-10-5-2-1-4-9(10)8-11(14(18)19)16-13(17)12-6-3-7-20-12/h1-2,4-5,11-12H,3,6-8H2,(H,16,17)(H,18,19)/t11-,12-/m0/s1. The zero-order valence-corrected chi connectivity index (χ0v) is 11.6. The summed E-state index contributed by atoms with van der Waals surface area (Å²) in [5, 5.41) is 12.2. The van der Waals surface area contributed by atoms with Gasteiger partial charge in [0.1, 0.15) is 12.1 Å². The minimum atomic E-state index is -1.09. The Bertz CT molecular complexity index is 500. The number of rotatable bonds is 5. The average molecular weight is 298 g/mol. The number of halogens is 1. The molecule has 6 heteroatoms. The highest BCUT2D eigenvalue weighted by Crippen LogP contribution is 2.17. The van der Waals surface area contributed by atoms with Crippen LogP contribution >= 0.6 is 11.6 Å². The van der Waals surface area contributed by atoms with Gasteiger partial charge in [-0.05, 0) is 24.5 Å². The van der Waals surface area contributed by atoms with Crippen LogP contribution in [0.4, 0.5) is 0 Å². The zero-order valence-electron chi connectivity index (χ0n) is 10.8. The number of aliphatic carboxylic acids is 1. The molecule has 0 aliphatic carbocycles. The molecule has 5 nitrogen and oxygen atoms in total. The van der Waals surface area contributed by atoms with Crippen molar-refractivity contribution in [1.29, 1.82) is 0 Å². The van der Waals surface area contributed by atoms with E-state index in [4.69, 9.17) is 16.3 Å². The number of amides is 1. The molecule has 1 fully saturated rings. The van der Waals surface area contributed by atoms with Gasteiger partial charge in [0.05, 0.1) is 0 Å². The van der Waals surface area contributed by atoms with Crippen LogP contribution in [0.5, 0.6) is 0 Å². The van der Waals surface area contributed by atoms with Gasteiger partial charge in [-0.2, -0.15) is 0 Å². The minimum absolute atomic E-state index is 0.146. The fourth-order valence-electron chi connectivity index (χ4n) is 2.13. The first kappa shape index (κ1) is 14.8. The first-order chi connectivity index (χ1) is 9.58. The summed E-state index contributed by atoms with van der Waals surface area (Å²) in [4.78, 5) is 23.2.